The quantitative estimate of drug-likeness (QED) is 0.693. The minimum Gasteiger partial charge on any atom is -0.497 e. The molecule has 0 aromatic carbocycles. The first kappa shape index (κ1) is 8.52. The second kappa shape index (κ2) is 3.71. The van der Waals surface area contributed by atoms with Gasteiger partial charge in [-0.25, -0.2) is 0 Å². The Kier molecular flexibility index (Phi) is 2.63. The van der Waals surface area contributed by atoms with Crippen LogP contribution in [0.1, 0.15) is 5.69 Å². The Morgan fingerprint density at radius 1 is 1.75 bits per heavy atom. The number of amides is 1. The van der Waals surface area contributed by atoms with E-state index in [1.165, 1.54) is 0 Å². The zero-order chi connectivity index (χ0) is 8.97. The van der Waals surface area contributed by atoms with Gasteiger partial charge in [-0.1, -0.05) is 0 Å². The molecule has 1 heterocycles. The third kappa shape index (κ3) is 2.23. The van der Waals surface area contributed by atoms with Gasteiger partial charge in [0.2, 0.25) is 5.91 Å². The maximum absolute atomic E-state index is 10.5. The van der Waals surface area contributed by atoms with Crippen molar-refractivity contribution in [2.75, 3.05) is 7.11 Å². The van der Waals surface area contributed by atoms with Crippen molar-refractivity contribution in [3.63, 3.8) is 0 Å². The Morgan fingerprint density at radius 3 is 3.08 bits per heavy atom. The van der Waals surface area contributed by atoms with Crippen LogP contribution in [0.15, 0.2) is 18.3 Å². The molecule has 1 rings (SSSR count). The van der Waals surface area contributed by atoms with Crippen LogP contribution in [0, 0.1) is 0 Å². The summed E-state index contributed by atoms with van der Waals surface area (Å²) in [5, 5.41) is 0. The number of rotatable bonds is 3. The summed E-state index contributed by atoms with van der Waals surface area (Å²) in [4.78, 5) is 14.5. The van der Waals surface area contributed by atoms with Crippen LogP contribution in [0.4, 0.5) is 0 Å². The molecule has 2 N–H and O–H groups in total. The number of nitrogens with two attached hydrogens (primary N) is 1. The van der Waals surface area contributed by atoms with Crippen LogP contribution in [-0.4, -0.2) is 18.0 Å². The van der Waals surface area contributed by atoms with Crippen molar-refractivity contribution in [3.8, 4) is 5.75 Å². The molecule has 0 aliphatic rings. The van der Waals surface area contributed by atoms with E-state index in [9.17, 15) is 4.79 Å². The SMILES string of the molecule is COc1ccnc(CC(N)=O)c1. The van der Waals surface area contributed by atoms with E-state index in [2.05, 4.69) is 4.98 Å². The zero-order valence-corrected chi connectivity index (χ0v) is 6.78. The molecule has 12 heavy (non-hydrogen) atoms. The molecule has 1 aromatic rings. The Balaban J connectivity index is 2.79. The van der Waals surface area contributed by atoms with E-state index in [0.717, 1.165) is 0 Å². The molecule has 4 nitrogen and oxygen atoms in total. The standard InChI is InChI=1S/C8H10N2O2/c1-12-7-2-3-10-6(4-7)5-8(9)11/h2-4H,5H2,1H3,(H2,9,11). The van der Waals surface area contributed by atoms with Gasteiger partial charge in [0, 0.05) is 12.3 Å². The van der Waals surface area contributed by atoms with Gasteiger partial charge in [0.1, 0.15) is 5.75 Å². The Labute approximate surface area is 70.4 Å². The number of nitrogens with zero attached hydrogens (tertiary/aromatic N) is 1. The summed E-state index contributed by atoms with van der Waals surface area (Å²) in [5.41, 5.74) is 5.62. The van der Waals surface area contributed by atoms with Gasteiger partial charge in [0.05, 0.1) is 19.2 Å². The monoisotopic (exact) mass is 166 g/mol. The number of ether oxygens (including phenoxy) is 1. The van der Waals surface area contributed by atoms with Gasteiger partial charge in [0.25, 0.3) is 0 Å². The summed E-state index contributed by atoms with van der Waals surface area (Å²) in [6.07, 6.45) is 1.73. The molecule has 0 saturated heterocycles. The lowest BCUT2D eigenvalue weighted by molar-refractivity contribution is -0.117. The smallest absolute Gasteiger partial charge is 0.223 e. The van der Waals surface area contributed by atoms with E-state index >= 15 is 0 Å². The van der Waals surface area contributed by atoms with Gasteiger partial charge in [-0.15, -0.1) is 0 Å². The maximum Gasteiger partial charge on any atom is 0.223 e. The fourth-order valence-corrected chi connectivity index (χ4v) is 0.858. The molecule has 0 atom stereocenters. The van der Waals surface area contributed by atoms with Gasteiger partial charge in [-0.3, -0.25) is 9.78 Å². The molecule has 0 radical (unpaired) electrons. The highest BCUT2D eigenvalue weighted by molar-refractivity contribution is 5.76. The number of carbonyl (C=O) groups excluding carboxylic acids is 1. The summed E-state index contributed by atoms with van der Waals surface area (Å²) in [5.74, 6) is 0.289. The first-order valence-corrected chi connectivity index (χ1v) is 3.49. The van der Waals surface area contributed by atoms with Crippen LogP contribution in [0.3, 0.4) is 0 Å². The Morgan fingerprint density at radius 2 is 2.50 bits per heavy atom. The van der Waals surface area contributed by atoms with Gasteiger partial charge in [0.15, 0.2) is 0 Å². The Bertz CT molecular complexity index is 286. The van der Waals surface area contributed by atoms with E-state index in [4.69, 9.17) is 10.5 Å². The van der Waals surface area contributed by atoms with Crippen LogP contribution < -0.4 is 10.5 Å². The number of methoxy groups -OCH3 is 1. The molecule has 0 bridgehead atoms. The average Bonchev–Trinajstić information content (AvgIpc) is 2.03. The molecular weight excluding hydrogens is 156 g/mol. The molecule has 0 aliphatic heterocycles. The van der Waals surface area contributed by atoms with Crippen molar-refractivity contribution in [2.24, 2.45) is 5.73 Å². The lowest BCUT2D eigenvalue weighted by Gasteiger charge is -2.00. The van der Waals surface area contributed by atoms with Crippen LogP contribution >= 0.6 is 0 Å². The predicted molar refractivity (Wildman–Crippen MR) is 43.7 cm³/mol. The zero-order valence-electron chi connectivity index (χ0n) is 6.78. The first-order chi connectivity index (χ1) is 5.72. The molecule has 0 spiro atoms. The number of aromatic nitrogens is 1. The second-order valence-electron chi connectivity index (χ2n) is 2.33. The summed E-state index contributed by atoms with van der Waals surface area (Å²) in [6, 6.07) is 3.40. The lowest BCUT2D eigenvalue weighted by Crippen LogP contribution is -2.14. The van der Waals surface area contributed by atoms with Crippen molar-refractivity contribution in [3.05, 3.63) is 24.0 Å². The number of carbonyl (C=O) groups is 1. The molecule has 4 heteroatoms. The van der Waals surface area contributed by atoms with Crippen LogP contribution in [0.5, 0.6) is 5.75 Å². The summed E-state index contributed by atoms with van der Waals surface area (Å²) in [6.45, 7) is 0. The highest BCUT2D eigenvalue weighted by atomic mass is 16.5. The van der Waals surface area contributed by atoms with Crippen LogP contribution in [0.2, 0.25) is 0 Å². The highest BCUT2D eigenvalue weighted by Gasteiger charge is 2.00. The van der Waals surface area contributed by atoms with Crippen molar-refractivity contribution < 1.29 is 9.53 Å². The normalized spacial score (nSPS) is 9.42. The highest BCUT2D eigenvalue weighted by Crippen LogP contribution is 2.09. The fraction of sp³-hybridized carbons (Fsp3) is 0.250. The maximum atomic E-state index is 10.5. The summed E-state index contributed by atoms with van der Waals surface area (Å²) < 4.78 is 4.94. The predicted octanol–water partition coefficient (Wildman–Crippen LogP) is 0.118. The van der Waals surface area contributed by atoms with Crippen molar-refractivity contribution >= 4 is 5.91 Å². The number of hydrogen-bond acceptors (Lipinski definition) is 3. The summed E-state index contributed by atoms with van der Waals surface area (Å²) >= 11 is 0. The topological polar surface area (TPSA) is 65.2 Å². The third-order valence-corrected chi connectivity index (χ3v) is 1.38. The van der Waals surface area contributed by atoms with E-state index in [0.29, 0.717) is 11.4 Å². The summed E-state index contributed by atoms with van der Waals surface area (Å²) in [7, 11) is 1.56. The van der Waals surface area contributed by atoms with Crippen molar-refractivity contribution in [2.45, 2.75) is 6.42 Å². The second-order valence-corrected chi connectivity index (χ2v) is 2.33. The fourth-order valence-electron chi connectivity index (χ4n) is 0.858. The van der Waals surface area contributed by atoms with Crippen LogP contribution in [-0.2, 0) is 11.2 Å². The number of pyridine rings is 1. The number of primary amides is 1. The Hall–Kier alpha value is -1.58. The van der Waals surface area contributed by atoms with Gasteiger partial charge in [-0.2, -0.15) is 0 Å². The number of hydrogen-bond donors (Lipinski definition) is 1. The molecule has 0 aliphatic carbocycles. The minimum absolute atomic E-state index is 0.150. The molecule has 0 fully saturated rings. The molecule has 0 unspecified atom stereocenters. The largest absolute Gasteiger partial charge is 0.497 e. The third-order valence-electron chi connectivity index (χ3n) is 1.38. The lowest BCUT2D eigenvalue weighted by atomic mass is 10.2. The van der Waals surface area contributed by atoms with Gasteiger partial charge < -0.3 is 10.5 Å². The van der Waals surface area contributed by atoms with Gasteiger partial charge in [-0.05, 0) is 6.07 Å². The van der Waals surface area contributed by atoms with Crippen LogP contribution in [0.25, 0.3) is 0 Å². The minimum atomic E-state index is -0.393. The van der Waals surface area contributed by atoms with Crippen molar-refractivity contribution in [1.82, 2.24) is 4.98 Å². The first-order valence-electron chi connectivity index (χ1n) is 3.49. The van der Waals surface area contributed by atoms with E-state index < -0.39 is 5.91 Å². The molecule has 0 saturated carbocycles. The van der Waals surface area contributed by atoms with Crippen molar-refractivity contribution in [1.29, 1.82) is 0 Å². The van der Waals surface area contributed by atoms with E-state index in [-0.39, 0.29) is 6.42 Å². The van der Waals surface area contributed by atoms with E-state index in [1.807, 2.05) is 0 Å². The van der Waals surface area contributed by atoms with Gasteiger partial charge >= 0.3 is 0 Å². The molecule has 1 amide bonds. The molecule has 64 valence electrons. The molecular formula is C8H10N2O2. The molecule has 1 aromatic heterocycles. The van der Waals surface area contributed by atoms with E-state index in [1.54, 1.807) is 25.4 Å². The average molecular weight is 166 g/mol.